The monoisotopic (exact) mass is 391 g/mol. The predicted octanol–water partition coefficient (Wildman–Crippen LogP) is 4.33. The summed E-state index contributed by atoms with van der Waals surface area (Å²) in [7, 11) is 0. The molecule has 4 nitrogen and oxygen atoms in total. The lowest BCUT2D eigenvalue weighted by Crippen LogP contribution is -2.25. The van der Waals surface area contributed by atoms with Crippen LogP contribution in [0.4, 0.5) is 5.69 Å². The molecule has 118 valence electrons. The van der Waals surface area contributed by atoms with Crippen molar-refractivity contribution in [3.05, 3.63) is 69.7 Å². The van der Waals surface area contributed by atoms with Gasteiger partial charge in [0, 0.05) is 21.4 Å². The second kappa shape index (κ2) is 9.12. The number of carbonyl (C=O) groups is 1. The van der Waals surface area contributed by atoms with Gasteiger partial charge in [0.1, 0.15) is 0 Å². The number of halogens is 2. The number of rotatable bonds is 6. The largest absolute Gasteiger partial charge is 0.375 e. The topological polar surface area (TPSA) is 53.5 Å². The number of nitrogens with one attached hydrogen (secondary N) is 2. The van der Waals surface area contributed by atoms with Crippen LogP contribution in [0.1, 0.15) is 5.56 Å². The molecule has 0 saturated carbocycles. The number of anilines is 1. The van der Waals surface area contributed by atoms with Gasteiger partial charge in [-0.1, -0.05) is 48.0 Å². The number of nitrogens with zero attached hydrogens (tertiary/aromatic N) is 1. The molecule has 0 unspecified atom stereocenters. The molecule has 0 radical (unpaired) electrons. The predicted molar refractivity (Wildman–Crippen MR) is 99.8 cm³/mol. The fourth-order valence-electron chi connectivity index (χ4n) is 1.72. The van der Waals surface area contributed by atoms with E-state index in [4.69, 9.17) is 11.6 Å². The number of hydrogen-bond acceptors (Lipinski definition) is 3. The Morgan fingerprint density at radius 1 is 1.22 bits per heavy atom. The minimum Gasteiger partial charge on any atom is -0.375 e. The zero-order valence-corrected chi connectivity index (χ0v) is 14.5. The molecule has 23 heavy (non-hydrogen) atoms. The van der Waals surface area contributed by atoms with E-state index in [9.17, 15) is 4.79 Å². The van der Waals surface area contributed by atoms with E-state index >= 15 is 0 Å². The molecular weight excluding hydrogens is 378 g/mol. The molecule has 0 heterocycles. The third-order valence-electron chi connectivity index (χ3n) is 2.81. The van der Waals surface area contributed by atoms with Crippen LogP contribution >= 0.6 is 27.5 Å². The molecule has 0 saturated heterocycles. The van der Waals surface area contributed by atoms with Crippen LogP contribution in [-0.4, -0.2) is 18.7 Å². The van der Waals surface area contributed by atoms with Crippen molar-refractivity contribution in [3.8, 4) is 0 Å². The summed E-state index contributed by atoms with van der Waals surface area (Å²) in [6.07, 6.45) is 5.20. The van der Waals surface area contributed by atoms with E-state index in [1.807, 2.05) is 36.4 Å². The van der Waals surface area contributed by atoms with E-state index < -0.39 is 0 Å². The molecule has 2 N–H and O–H groups in total. The molecule has 0 bridgehead atoms. The summed E-state index contributed by atoms with van der Waals surface area (Å²) in [6.45, 7) is 0.111. The van der Waals surface area contributed by atoms with E-state index in [-0.39, 0.29) is 12.5 Å². The molecule has 1 amide bonds. The number of benzene rings is 2. The van der Waals surface area contributed by atoms with Gasteiger partial charge < -0.3 is 5.32 Å². The molecule has 2 aromatic carbocycles. The maximum atomic E-state index is 11.7. The van der Waals surface area contributed by atoms with Gasteiger partial charge in [-0.05, 0) is 45.8 Å². The molecule has 0 aromatic heterocycles. The van der Waals surface area contributed by atoms with Crippen LogP contribution in [0.3, 0.4) is 0 Å². The average molecular weight is 393 g/mol. The third kappa shape index (κ3) is 6.26. The normalized spacial score (nSPS) is 11.0. The Morgan fingerprint density at radius 3 is 2.74 bits per heavy atom. The van der Waals surface area contributed by atoms with Crippen molar-refractivity contribution in [2.75, 3.05) is 11.9 Å². The van der Waals surface area contributed by atoms with Crippen molar-refractivity contribution in [1.29, 1.82) is 0 Å². The van der Waals surface area contributed by atoms with E-state index in [0.717, 1.165) is 15.7 Å². The first kappa shape index (κ1) is 17.2. The van der Waals surface area contributed by atoms with Gasteiger partial charge >= 0.3 is 0 Å². The van der Waals surface area contributed by atoms with Crippen LogP contribution in [0.5, 0.6) is 0 Å². The number of carbonyl (C=O) groups excluding carboxylic acids is 1. The second-order valence-corrected chi connectivity index (χ2v) is 5.85. The van der Waals surface area contributed by atoms with Crippen molar-refractivity contribution >= 4 is 51.4 Å². The van der Waals surface area contributed by atoms with Crippen molar-refractivity contribution in [1.82, 2.24) is 5.43 Å². The molecule has 0 atom stereocenters. The van der Waals surface area contributed by atoms with Gasteiger partial charge in [-0.25, -0.2) is 5.43 Å². The maximum absolute atomic E-state index is 11.7. The summed E-state index contributed by atoms with van der Waals surface area (Å²) < 4.78 is 0.798. The first-order chi connectivity index (χ1) is 11.1. The van der Waals surface area contributed by atoms with E-state index in [0.29, 0.717) is 5.02 Å². The highest BCUT2D eigenvalue weighted by molar-refractivity contribution is 9.10. The third-order valence-corrected chi connectivity index (χ3v) is 3.70. The van der Waals surface area contributed by atoms with Gasteiger partial charge in [0.15, 0.2) is 0 Å². The van der Waals surface area contributed by atoms with Crippen LogP contribution < -0.4 is 10.7 Å². The lowest BCUT2D eigenvalue weighted by atomic mass is 10.2. The van der Waals surface area contributed by atoms with Gasteiger partial charge in [0.2, 0.25) is 0 Å². The summed E-state index contributed by atoms with van der Waals surface area (Å²) in [6, 6.07) is 15.1. The number of hydrazone groups is 1. The Labute approximate surface area is 148 Å². The molecule has 6 heteroatoms. The second-order valence-electron chi connectivity index (χ2n) is 4.56. The molecule has 0 aliphatic carbocycles. The summed E-state index contributed by atoms with van der Waals surface area (Å²) in [5.41, 5.74) is 4.30. The van der Waals surface area contributed by atoms with E-state index in [1.54, 1.807) is 24.3 Å². The highest BCUT2D eigenvalue weighted by atomic mass is 79.9. The fourth-order valence-corrected chi connectivity index (χ4v) is 2.54. The Bertz CT molecular complexity index is 717. The molecule has 2 aromatic rings. The Kier molecular flexibility index (Phi) is 6.84. The lowest BCUT2D eigenvalue weighted by Gasteiger charge is -2.07. The van der Waals surface area contributed by atoms with Gasteiger partial charge in [-0.15, -0.1) is 0 Å². The number of allylic oxidation sites excluding steroid dienone is 1. The Balaban J connectivity index is 1.74. The quantitative estimate of drug-likeness (QED) is 0.568. The van der Waals surface area contributed by atoms with Gasteiger partial charge in [0.05, 0.1) is 6.54 Å². The Hall–Kier alpha value is -2.11. The van der Waals surface area contributed by atoms with Crippen molar-refractivity contribution in [2.24, 2.45) is 5.10 Å². The first-order valence-electron chi connectivity index (χ1n) is 6.88. The van der Waals surface area contributed by atoms with Crippen molar-refractivity contribution in [2.45, 2.75) is 0 Å². The molecule has 0 aliphatic heterocycles. The summed E-state index contributed by atoms with van der Waals surface area (Å²) in [5.74, 6) is -0.240. The maximum Gasteiger partial charge on any atom is 0.259 e. The van der Waals surface area contributed by atoms with Crippen LogP contribution in [0.15, 0.2) is 64.2 Å². The summed E-state index contributed by atoms with van der Waals surface area (Å²) >= 11 is 9.23. The Morgan fingerprint density at radius 2 is 2.00 bits per heavy atom. The average Bonchev–Trinajstić information content (AvgIpc) is 2.54. The van der Waals surface area contributed by atoms with Gasteiger partial charge in [-0.3, -0.25) is 4.79 Å². The summed E-state index contributed by atoms with van der Waals surface area (Å²) in [5, 5.41) is 7.47. The highest BCUT2D eigenvalue weighted by Gasteiger charge is 2.03. The van der Waals surface area contributed by atoms with Crippen LogP contribution in [-0.2, 0) is 4.79 Å². The zero-order chi connectivity index (χ0) is 16.5. The number of amides is 1. The van der Waals surface area contributed by atoms with Crippen molar-refractivity contribution in [3.63, 3.8) is 0 Å². The van der Waals surface area contributed by atoms with Gasteiger partial charge in [0.25, 0.3) is 5.91 Å². The smallest absolute Gasteiger partial charge is 0.259 e. The van der Waals surface area contributed by atoms with Gasteiger partial charge in [-0.2, -0.15) is 5.10 Å². The summed E-state index contributed by atoms with van der Waals surface area (Å²) in [4.78, 5) is 11.7. The lowest BCUT2D eigenvalue weighted by molar-refractivity contribution is -0.119. The van der Waals surface area contributed by atoms with Crippen LogP contribution in [0.2, 0.25) is 5.02 Å². The molecule has 0 spiro atoms. The minimum atomic E-state index is -0.240. The van der Waals surface area contributed by atoms with Crippen molar-refractivity contribution < 1.29 is 4.79 Å². The standard InChI is InChI=1S/C17H15BrClN3O/c18-15-11-14(19)8-9-16(15)20-12-17(23)22-21-10-4-7-13-5-2-1-3-6-13/h1-11,20H,12H2,(H,22,23)/b7-4+,21-10-. The van der Waals surface area contributed by atoms with Crippen LogP contribution in [0.25, 0.3) is 6.08 Å². The molecule has 2 rings (SSSR count). The van der Waals surface area contributed by atoms with E-state index in [1.165, 1.54) is 6.21 Å². The highest BCUT2D eigenvalue weighted by Crippen LogP contribution is 2.25. The molecule has 0 fully saturated rings. The van der Waals surface area contributed by atoms with E-state index in [2.05, 4.69) is 31.8 Å². The first-order valence-corrected chi connectivity index (χ1v) is 8.05. The number of hydrogen-bond donors (Lipinski definition) is 2. The SMILES string of the molecule is O=C(CNc1ccc(Cl)cc1Br)N/N=C\C=C\c1ccccc1. The molecular formula is C17H15BrClN3O. The van der Waals surface area contributed by atoms with Crippen LogP contribution in [0, 0.1) is 0 Å². The fraction of sp³-hybridized carbons (Fsp3) is 0.0588. The molecule has 0 aliphatic rings. The zero-order valence-electron chi connectivity index (χ0n) is 12.2. The minimum absolute atomic E-state index is 0.111.